The van der Waals surface area contributed by atoms with Crippen molar-refractivity contribution in [1.29, 1.82) is 0 Å². The number of aromatic nitrogens is 2. The number of likely N-dealkylation sites (N-methyl/N-ethyl adjacent to an activating group) is 1. The second-order valence-electron chi connectivity index (χ2n) is 4.58. The molecule has 2 heterocycles. The van der Waals surface area contributed by atoms with E-state index < -0.39 is 5.97 Å². The topological polar surface area (TPSA) is 86.5 Å². The fourth-order valence-corrected chi connectivity index (χ4v) is 2.76. The number of pyridine rings is 1. The Balaban J connectivity index is 2.20. The highest BCUT2D eigenvalue weighted by molar-refractivity contribution is 7.14. The molecule has 2 aromatic heterocycles. The van der Waals surface area contributed by atoms with Gasteiger partial charge in [-0.15, -0.1) is 11.3 Å². The van der Waals surface area contributed by atoms with Crippen LogP contribution in [0.2, 0.25) is 0 Å². The fourth-order valence-electron chi connectivity index (χ4n) is 1.86. The summed E-state index contributed by atoms with van der Waals surface area (Å²) in [5.74, 6) is -0.983. The first-order valence-corrected chi connectivity index (χ1v) is 7.37. The second-order valence-corrected chi connectivity index (χ2v) is 5.67. The third kappa shape index (κ3) is 4.07. The lowest BCUT2D eigenvalue weighted by molar-refractivity contribution is 0.0702. The van der Waals surface area contributed by atoms with Crippen molar-refractivity contribution in [1.82, 2.24) is 14.9 Å². The normalized spacial score (nSPS) is 11.0. The number of aliphatic hydroxyl groups excluding tert-OH is 1. The van der Waals surface area contributed by atoms with Crippen LogP contribution in [0, 0.1) is 0 Å². The summed E-state index contributed by atoms with van der Waals surface area (Å²) in [6, 6.07) is 5.34. The molecule has 0 radical (unpaired) electrons. The van der Waals surface area contributed by atoms with Gasteiger partial charge in [-0.05, 0) is 19.2 Å². The fraction of sp³-hybridized carbons (Fsp3) is 0.357. The van der Waals surface area contributed by atoms with Crippen LogP contribution in [-0.4, -0.2) is 57.8 Å². The van der Waals surface area contributed by atoms with Crippen LogP contribution in [0.3, 0.4) is 0 Å². The van der Waals surface area contributed by atoms with Gasteiger partial charge in [0.25, 0.3) is 0 Å². The van der Waals surface area contributed by atoms with Crippen LogP contribution in [0.1, 0.15) is 14.7 Å². The van der Waals surface area contributed by atoms with E-state index in [9.17, 15) is 9.90 Å². The minimum atomic E-state index is -0.983. The number of carbonyl (C=O) groups is 1. The van der Waals surface area contributed by atoms with E-state index in [1.165, 1.54) is 11.3 Å². The van der Waals surface area contributed by atoms with E-state index in [1.807, 2.05) is 18.0 Å². The molecule has 0 spiro atoms. The molecule has 2 N–H and O–H groups in total. The predicted molar refractivity (Wildman–Crippen MR) is 80.6 cm³/mol. The first kappa shape index (κ1) is 15.6. The first-order chi connectivity index (χ1) is 10.1. The van der Waals surface area contributed by atoms with Crippen LogP contribution >= 0.6 is 11.3 Å². The van der Waals surface area contributed by atoms with Gasteiger partial charge in [0.15, 0.2) is 0 Å². The molecule has 2 rings (SSSR count). The summed E-state index contributed by atoms with van der Waals surface area (Å²) in [4.78, 5) is 22.1. The number of hydrogen-bond donors (Lipinski definition) is 2. The Morgan fingerprint density at radius 3 is 2.81 bits per heavy atom. The van der Waals surface area contributed by atoms with Crippen LogP contribution in [0.5, 0.6) is 0 Å². The van der Waals surface area contributed by atoms with Gasteiger partial charge in [0.1, 0.15) is 10.6 Å². The lowest BCUT2D eigenvalue weighted by Gasteiger charge is -2.13. The lowest BCUT2D eigenvalue weighted by Crippen LogP contribution is -2.24. The van der Waals surface area contributed by atoms with Crippen LogP contribution in [0.15, 0.2) is 24.4 Å². The van der Waals surface area contributed by atoms with Crippen LogP contribution < -0.4 is 0 Å². The molecular weight excluding hydrogens is 290 g/mol. The van der Waals surface area contributed by atoms with Gasteiger partial charge in [0, 0.05) is 25.7 Å². The standard InChI is InChI=1S/C14H17N3O3S/c1-17(8-9-18)7-5-11-16-12(13(21-11)14(19)20)10-4-2-3-6-15-10/h2-4,6,18H,5,7-9H2,1H3,(H,19,20). The summed E-state index contributed by atoms with van der Waals surface area (Å²) in [6.07, 6.45) is 2.27. The van der Waals surface area contributed by atoms with Crippen molar-refractivity contribution in [3.8, 4) is 11.4 Å². The Kier molecular flexibility index (Phi) is 5.38. The molecule has 112 valence electrons. The average molecular weight is 307 g/mol. The zero-order valence-electron chi connectivity index (χ0n) is 11.7. The zero-order chi connectivity index (χ0) is 15.2. The van der Waals surface area contributed by atoms with Crippen LogP contribution in [0.4, 0.5) is 0 Å². The number of aromatic carboxylic acids is 1. The van der Waals surface area contributed by atoms with Gasteiger partial charge in [-0.25, -0.2) is 9.78 Å². The predicted octanol–water partition coefficient (Wildman–Crippen LogP) is 1.37. The van der Waals surface area contributed by atoms with Crippen molar-refractivity contribution in [2.24, 2.45) is 0 Å². The van der Waals surface area contributed by atoms with Gasteiger partial charge >= 0.3 is 5.97 Å². The van der Waals surface area contributed by atoms with Crippen molar-refractivity contribution in [3.05, 3.63) is 34.3 Å². The molecule has 0 fully saturated rings. The van der Waals surface area contributed by atoms with Crippen molar-refractivity contribution in [2.45, 2.75) is 6.42 Å². The SMILES string of the molecule is CN(CCO)CCc1nc(-c2ccccn2)c(C(=O)O)s1. The Morgan fingerprint density at radius 2 is 2.19 bits per heavy atom. The number of nitrogens with zero attached hydrogens (tertiary/aromatic N) is 3. The maximum atomic E-state index is 11.3. The smallest absolute Gasteiger partial charge is 0.348 e. The van der Waals surface area contributed by atoms with E-state index in [2.05, 4.69) is 9.97 Å². The second kappa shape index (κ2) is 7.26. The number of rotatable bonds is 7. The highest BCUT2D eigenvalue weighted by Gasteiger charge is 2.19. The Hall–Kier alpha value is -1.83. The van der Waals surface area contributed by atoms with Gasteiger partial charge in [0.05, 0.1) is 17.3 Å². The molecule has 0 saturated carbocycles. The third-order valence-electron chi connectivity index (χ3n) is 2.96. The molecule has 0 amide bonds. The monoisotopic (exact) mass is 307 g/mol. The minimum absolute atomic E-state index is 0.105. The summed E-state index contributed by atoms with van der Waals surface area (Å²) in [7, 11) is 1.90. The lowest BCUT2D eigenvalue weighted by atomic mass is 10.2. The first-order valence-electron chi connectivity index (χ1n) is 6.55. The van der Waals surface area contributed by atoms with Gasteiger partial charge in [-0.3, -0.25) is 4.98 Å². The number of carboxylic acid groups (broad SMARTS) is 1. The molecule has 0 unspecified atom stereocenters. The van der Waals surface area contributed by atoms with Gasteiger partial charge in [-0.1, -0.05) is 6.07 Å². The molecule has 0 aliphatic rings. The molecule has 0 aliphatic heterocycles. The molecule has 0 bridgehead atoms. The number of aliphatic hydroxyl groups is 1. The highest BCUT2D eigenvalue weighted by Crippen LogP contribution is 2.27. The number of carboxylic acids is 1. The van der Waals surface area contributed by atoms with Crippen molar-refractivity contribution in [2.75, 3.05) is 26.7 Å². The van der Waals surface area contributed by atoms with E-state index in [1.54, 1.807) is 18.3 Å². The molecular formula is C14H17N3O3S. The minimum Gasteiger partial charge on any atom is -0.477 e. The quantitative estimate of drug-likeness (QED) is 0.803. The summed E-state index contributed by atoms with van der Waals surface area (Å²) >= 11 is 1.18. The molecule has 0 atom stereocenters. The van der Waals surface area contributed by atoms with E-state index in [0.717, 1.165) is 11.6 Å². The molecule has 2 aromatic rings. The van der Waals surface area contributed by atoms with Gasteiger partial charge in [0.2, 0.25) is 0 Å². The largest absolute Gasteiger partial charge is 0.477 e. The maximum absolute atomic E-state index is 11.3. The molecule has 0 aromatic carbocycles. The summed E-state index contributed by atoms with van der Waals surface area (Å²) in [6.45, 7) is 1.41. The molecule has 6 nitrogen and oxygen atoms in total. The summed E-state index contributed by atoms with van der Waals surface area (Å²) in [5.41, 5.74) is 0.994. The van der Waals surface area contributed by atoms with Gasteiger partial charge in [-0.2, -0.15) is 0 Å². The third-order valence-corrected chi connectivity index (χ3v) is 4.07. The van der Waals surface area contributed by atoms with Crippen LogP contribution in [0.25, 0.3) is 11.4 Å². The highest BCUT2D eigenvalue weighted by atomic mass is 32.1. The summed E-state index contributed by atoms with van der Waals surface area (Å²) in [5, 5.41) is 18.9. The maximum Gasteiger partial charge on any atom is 0.348 e. The number of hydrogen-bond acceptors (Lipinski definition) is 6. The Labute approximate surface area is 126 Å². The summed E-state index contributed by atoms with van der Waals surface area (Å²) < 4.78 is 0. The van der Waals surface area contributed by atoms with Crippen molar-refractivity contribution in [3.63, 3.8) is 0 Å². The van der Waals surface area contributed by atoms with Crippen molar-refractivity contribution >= 4 is 17.3 Å². The van der Waals surface area contributed by atoms with Crippen LogP contribution in [-0.2, 0) is 6.42 Å². The average Bonchev–Trinajstić information content (AvgIpc) is 2.91. The molecule has 21 heavy (non-hydrogen) atoms. The number of thiazole rings is 1. The van der Waals surface area contributed by atoms with E-state index in [0.29, 0.717) is 24.4 Å². The Bertz CT molecular complexity index is 601. The molecule has 0 saturated heterocycles. The zero-order valence-corrected chi connectivity index (χ0v) is 12.5. The molecule has 0 aliphatic carbocycles. The molecule has 7 heteroatoms. The van der Waals surface area contributed by atoms with E-state index in [4.69, 9.17) is 5.11 Å². The Morgan fingerprint density at radius 1 is 1.38 bits per heavy atom. The van der Waals surface area contributed by atoms with Gasteiger partial charge < -0.3 is 15.1 Å². The van der Waals surface area contributed by atoms with Crippen molar-refractivity contribution < 1.29 is 15.0 Å². The van der Waals surface area contributed by atoms with E-state index in [-0.39, 0.29) is 11.5 Å². The van der Waals surface area contributed by atoms with E-state index >= 15 is 0 Å².